The zero-order valence-corrected chi connectivity index (χ0v) is 33.7. The predicted molar refractivity (Wildman–Crippen MR) is 251 cm³/mol. The molecule has 3 nitrogen and oxygen atoms in total. The van der Waals surface area contributed by atoms with Gasteiger partial charge in [-0.05, 0) is 137 Å². The van der Waals surface area contributed by atoms with E-state index < -0.39 is 0 Å². The smallest absolute Gasteiger partial charge is 0.252 e. The highest BCUT2D eigenvalue weighted by Crippen LogP contribution is 2.52. The third kappa shape index (κ3) is 5.67. The summed E-state index contributed by atoms with van der Waals surface area (Å²) in [6, 6.07) is 70.3. The Morgan fingerprint density at radius 2 is 0.898 bits per heavy atom. The Kier molecular flexibility index (Phi) is 8.29. The first-order valence-electron chi connectivity index (χ1n) is 21.2. The third-order valence-corrected chi connectivity index (χ3v) is 14.1. The molecule has 5 heteroatoms. The van der Waals surface area contributed by atoms with Crippen molar-refractivity contribution in [3.8, 4) is 11.1 Å². The van der Waals surface area contributed by atoms with Crippen molar-refractivity contribution in [2.45, 2.75) is 47.8 Å². The third-order valence-electron chi connectivity index (χ3n) is 13.0. The second kappa shape index (κ2) is 14.1. The van der Waals surface area contributed by atoms with Crippen LogP contribution in [0.5, 0.6) is 0 Å². The minimum atomic E-state index is 0.0380. The molecule has 0 atom stereocenters. The van der Waals surface area contributed by atoms with Crippen LogP contribution in [-0.4, -0.2) is 6.71 Å². The average Bonchev–Trinajstić information content (AvgIpc) is 3.31. The van der Waals surface area contributed by atoms with E-state index in [4.69, 9.17) is 0 Å². The lowest BCUT2D eigenvalue weighted by molar-refractivity contribution is 0.444. The first-order valence-corrected chi connectivity index (χ1v) is 22.0. The first kappa shape index (κ1) is 34.6. The van der Waals surface area contributed by atoms with Gasteiger partial charge in [-0.1, -0.05) is 134 Å². The molecule has 1 saturated carbocycles. The van der Waals surface area contributed by atoms with Gasteiger partial charge in [0.1, 0.15) is 0 Å². The normalized spacial score (nSPS) is 15.2. The zero-order valence-electron chi connectivity index (χ0n) is 32.8. The molecule has 8 aromatic rings. The standard InChI is InChI=1S/C54H42BN3S/c1-4-16-37(17-5-1)39-28-30-42(31-29-39)57-47-33-32-43(58-48-24-12-14-26-52(48)59-53-27-15-13-25-49(53)58)36-45(47)55-44-22-10-11-23-46(44)56(41-20-8-3-9-21-41)50-34-40(35-51(57)54(50)55)38-18-6-2-7-19-38/h1,3-5,8-17,20-36,38H,2,6-7,18-19H2. The van der Waals surface area contributed by atoms with Crippen LogP contribution in [0.1, 0.15) is 43.6 Å². The van der Waals surface area contributed by atoms with Crippen LogP contribution in [0.25, 0.3) is 11.1 Å². The SMILES string of the molecule is c1ccc(-c2ccc(N3c4ccc(N5c6ccccc6Sc6ccccc65)cc4B4c5ccccc5N(c5ccccc5)c5cc(C6CCCCC6)cc3c54)cc2)cc1. The molecule has 0 amide bonds. The Hall–Kier alpha value is -6.43. The van der Waals surface area contributed by atoms with Crippen molar-refractivity contribution < 1.29 is 0 Å². The number of fused-ring (bicyclic) bond motifs is 6. The first-order chi connectivity index (χ1) is 29.3. The number of nitrogens with zero attached hydrogens (tertiary/aromatic N) is 3. The number of benzene rings is 8. The molecule has 0 N–H and O–H groups in total. The van der Waals surface area contributed by atoms with E-state index in [1.54, 1.807) is 0 Å². The minimum absolute atomic E-state index is 0.0380. The molecule has 1 aliphatic carbocycles. The van der Waals surface area contributed by atoms with E-state index in [2.05, 4.69) is 203 Å². The van der Waals surface area contributed by atoms with Gasteiger partial charge in [0, 0.05) is 49.6 Å². The fourth-order valence-electron chi connectivity index (χ4n) is 10.3. The van der Waals surface area contributed by atoms with Crippen LogP contribution in [0.15, 0.2) is 198 Å². The molecule has 0 bridgehead atoms. The van der Waals surface area contributed by atoms with Crippen LogP contribution >= 0.6 is 11.8 Å². The van der Waals surface area contributed by atoms with Crippen LogP contribution in [0, 0.1) is 0 Å². The molecule has 0 unspecified atom stereocenters. The minimum Gasteiger partial charge on any atom is -0.311 e. The van der Waals surface area contributed by atoms with Gasteiger partial charge in [-0.15, -0.1) is 0 Å². The van der Waals surface area contributed by atoms with Crippen molar-refractivity contribution >= 4 is 86.0 Å². The molecule has 0 spiro atoms. The van der Waals surface area contributed by atoms with E-state index in [-0.39, 0.29) is 6.71 Å². The van der Waals surface area contributed by atoms with E-state index in [9.17, 15) is 0 Å². The van der Waals surface area contributed by atoms with Gasteiger partial charge < -0.3 is 14.7 Å². The van der Waals surface area contributed by atoms with Crippen molar-refractivity contribution in [1.82, 2.24) is 0 Å². The number of hydrogen-bond acceptors (Lipinski definition) is 4. The van der Waals surface area contributed by atoms with Gasteiger partial charge in [0.15, 0.2) is 0 Å². The van der Waals surface area contributed by atoms with Gasteiger partial charge >= 0.3 is 0 Å². The maximum absolute atomic E-state index is 2.58. The van der Waals surface area contributed by atoms with Crippen LogP contribution in [0.2, 0.25) is 0 Å². The molecular formula is C54H42BN3S. The quantitative estimate of drug-likeness (QED) is 0.161. The van der Waals surface area contributed by atoms with Gasteiger partial charge in [0.25, 0.3) is 6.71 Å². The van der Waals surface area contributed by atoms with Gasteiger partial charge in [-0.25, -0.2) is 0 Å². The lowest BCUT2D eigenvalue weighted by atomic mass is 9.33. The van der Waals surface area contributed by atoms with Crippen molar-refractivity contribution in [3.63, 3.8) is 0 Å². The molecule has 0 radical (unpaired) electrons. The van der Waals surface area contributed by atoms with Gasteiger partial charge in [-0.3, -0.25) is 0 Å². The lowest BCUT2D eigenvalue weighted by Gasteiger charge is -2.45. The van der Waals surface area contributed by atoms with Gasteiger partial charge in [-0.2, -0.15) is 0 Å². The van der Waals surface area contributed by atoms with Crippen LogP contribution in [0.4, 0.5) is 51.2 Å². The van der Waals surface area contributed by atoms with E-state index in [0.29, 0.717) is 5.92 Å². The van der Waals surface area contributed by atoms with Gasteiger partial charge in [0.2, 0.25) is 0 Å². The van der Waals surface area contributed by atoms with Gasteiger partial charge in [0.05, 0.1) is 11.4 Å². The summed E-state index contributed by atoms with van der Waals surface area (Å²) in [5, 5.41) is 0. The van der Waals surface area contributed by atoms with Crippen LogP contribution < -0.4 is 31.1 Å². The highest BCUT2D eigenvalue weighted by Gasteiger charge is 2.44. The molecular weight excluding hydrogens is 733 g/mol. The maximum Gasteiger partial charge on any atom is 0.252 e. The summed E-state index contributed by atoms with van der Waals surface area (Å²) >= 11 is 1.86. The predicted octanol–water partition coefficient (Wildman–Crippen LogP) is 13.4. The Morgan fingerprint density at radius 3 is 1.58 bits per heavy atom. The Morgan fingerprint density at radius 1 is 0.390 bits per heavy atom. The fourth-order valence-corrected chi connectivity index (χ4v) is 11.4. The summed E-state index contributed by atoms with van der Waals surface area (Å²) in [6.07, 6.45) is 6.41. The average molecular weight is 776 g/mol. The fraction of sp³-hybridized carbons (Fsp3) is 0.111. The topological polar surface area (TPSA) is 9.72 Å². The van der Waals surface area contributed by atoms with Crippen molar-refractivity contribution in [3.05, 3.63) is 194 Å². The summed E-state index contributed by atoms with van der Waals surface area (Å²) in [5.74, 6) is 0.543. The second-order valence-corrected chi connectivity index (χ2v) is 17.4. The molecule has 12 rings (SSSR count). The lowest BCUT2D eigenvalue weighted by Crippen LogP contribution is -2.61. The Bertz CT molecular complexity index is 2820. The summed E-state index contributed by atoms with van der Waals surface area (Å²) in [7, 11) is 0. The highest BCUT2D eigenvalue weighted by molar-refractivity contribution is 7.99. The highest BCUT2D eigenvalue weighted by atomic mass is 32.2. The Labute approximate surface area is 351 Å². The number of rotatable bonds is 5. The van der Waals surface area contributed by atoms with E-state index in [0.717, 1.165) is 0 Å². The summed E-state index contributed by atoms with van der Waals surface area (Å²) in [4.78, 5) is 10.2. The molecule has 59 heavy (non-hydrogen) atoms. The Balaban J connectivity index is 1.13. The maximum atomic E-state index is 2.58. The van der Waals surface area contributed by atoms with Crippen molar-refractivity contribution in [1.29, 1.82) is 0 Å². The second-order valence-electron chi connectivity index (χ2n) is 16.3. The zero-order chi connectivity index (χ0) is 38.9. The van der Waals surface area contributed by atoms with E-state index in [1.807, 2.05) is 11.8 Å². The largest absolute Gasteiger partial charge is 0.311 e. The molecule has 4 aliphatic rings. The number of anilines is 9. The monoisotopic (exact) mass is 775 g/mol. The summed E-state index contributed by atoms with van der Waals surface area (Å²) < 4.78 is 0. The molecule has 3 heterocycles. The summed E-state index contributed by atoms with van der Waals surface area (Å²) in [5.41, 5.74) is 19.0. The molecule has 282 valence electrons. The number of para-hydroxylation sites is 4. The van der Waals surface area contributed by atoms with Crippen LogP contribution in [-0.2, 0) is 0 Å². The number of hydrogen-bond donors (Lipinski definition) is 0. The molecule has 8 aromatic carbocycles. The van der Waals surface area contributed by atoms with E-state index >= 15 is 0 Å². The molecule has 3 aliphatic heterocycles. The summed E-state index contributed by atoms with van der Waals surface area (Å²) in [6.45, 7) is 0.0380. The molecule has 0 saturated heterocycles. The van der Waals surface area contributed by atoms with Crippen LogP contribution in [0.3, 0.4) is 0 Å². The molecule has 1 fully saturated rings. The van der Waals surface area contributed by atoms with E-state index in [1.165, 1.54) is 126 Å². The van der Waals surface area contributed by atoms with Crippen molar-refractivity contribution in [2.75, 3.05) is 14.7 Å². The molecule has 0 aromatic heterocycles. The van der Waals surface area contributed by atoms with Crippen molar-refractivity contribution in [2.24, 2.45) is 0 Å².